The molecule has 138 valence electrons. The molecule has 0 aromatic heterocycles. The second-order valence-corrected chi connectivity index (χ2v) is 7.38. The van der Waals surface area contributed by atoms with Gasteiger partial charge in [-0.2, -0.15) is 0 Å². The Balaban J connectivity index is 1.85. The van der Waals surface area contributed by atoms with E-state index in [-0.39, 0.29) is 11.8 Å². The van der Waals surface area contributed by atoms with Crippen molar-refractivity contribution in [1.29, 1.82) is 0 Å². The van der Waals surface area contributed by atoms with Crippen LogP contribution >= 0.6 is 23.2 Å². The summed E-state index contributed by atoms with van der Waals surface area (Å²) < 4.78 is 0. The molecule has 0 bridgehead atoms. The number of benzene rings is 1. The lowest BCUT2D eigenvalue weighted by Crippen LogP contribution is -2.37. The molecule has 2 rings (SSSR count). The highest BCUT2D eigenvalue weighted by molar-refractivity contribution is 6.35. The molecule has 1 fully saturated rings. The van der Waals surface area contributed by atoms with Crippen LogP contribution in [0.4, 0.5) is 0 Å². The Morgan fingerprint density at radius 3 is 2.36 bits per heavy atom. The molecule has 1 aliphatic heterocycles. The summed E-state index contributed by atoms with van der Waals surface area (Å²) in [6.07, 6.45) is 5.59. The van der Waals surface area contributed by atoms with E-state index in [4.69, 9.17) is 23.2 Å². The summed E-state index contributed by atoms with van der Waals surface area (Å²) in [4.78, 5) is 28.0. The van der Waals surface area contributed by atoms with Crippen LogP contribution in [0.2, 0.25) is 10.0 Å². The molecule has 1 saturated heterocycles. The van der Waals surface area contributed by atoms with Crippen molar-refractivity contribution in [2.75, 3.05) is 26.2 Å². The normalized spacial score (nSPS) is 14.9. The largest absolute Gasteiger partial charge is 0.343 e. The minimum absolute atomic E-state index is 0.0197. The molecule has 0 atom stereocenters. The lowest BCUT2D eigenvalue weighted by Gasteiger charge is -2.24. The molecule has 1 aromatic rings. The molecule has 0 saturated carbocycles. The Morgan fingerprint density at radius 2 is 1.76 bits per heavy atom. The molecular formula is C19H26Cl2N2O2. The fourth-order valence-electron chi connectivity index (χ4n) is 3.12. The second-order valence-electron chi connectivity index (χ2n) is 6.54. The van der Waals surface area contributed by atoms with Gasteiger partial charge in [0.1, 0.15) is 0 Å². The first-order valence-corrected chi connectivity index (χ1v) is 9.70. The van der Waals surface area contributed by atoms with E-state index < -0.39 is 0 Å². The summed E-state index contributed by atoms with van der Waals surface area (Å²) in [6.45, 7) is 4.23. The van der Waals surface area contributed by atoms with Crippen LogP contribution in [-0.2, 0) is 16.0 Å². The van der Waals surface area contributed by atoms with E-state index in [2.05, 4.69) is 0 Å². The van der Waals surface area contributed by atoms with Crippen molar-refractivity contribution in [2.24, 2.45) is 0 Å². The van der Waals surface area contributed by atoms with Crippen LogP contribution < -0.4 is 0 Å². The standard InChI is InChI=1S/C19H26Cl2N2O2/c1-15(24)22(12-8-16-6-7-17(20)14-18(16)21)13-9-19(25)23-10-4-2-3-5-11-23/h6-7,14H,2-5,8-13H2,1H3. The topological polar surface area (TPSA) is 40.6 Å². The van der Waals surface area contributed by atoms with Crippen LogP contribution in [0.5, 0.6) is 0 Å². The fourth-order valence-corrected chi connectivity index (χ4v) is 3.62. The quantitative estimate of drug-likeness (QED) is 0.737. The molecule has 1 heterocycles. The zero-order valence-corrected chi connectivity index (χ0v) is 16.3. The lowest BCUT2D eigenvalue weighted by atomic mass is 10.1. The molecule has 6 heteroatoms. The number of rotatable bonds is 6. The minimum atomic E-state index is -0.0197. The molecule has 4 nitrogen and oxygen atoms in total. The van der Waals surface area contributed by atoms with Crippen LogP contribution in [-0.4, -0.2) is 47.8 Å². The van der Waals surface area contributed by atoms with Crippen LogP contribution in [0.3, 0.4) is 0 Å². The molecule has 0 aliphatic carbocycles. The van der Waals surface area contributed by atoms with Crippen molar-refractivity contribution in [1.82, 2.24) is 9.80 Å². The summed E-state index contributed by atoms with van der Waals surface area (Å²) in [5.41, 5.74) is 0.955. The predicted molar refractivity (Wildman–Crippen MR) is 102 cm³/mol. The molecule has 25 heavy (non-hydrogen) atoms. The van der Waals surface area contributed by atoms with Crippen molar-refractivity contribution < 1.29 is 9.59 Å². The Hall–Kier alpha value is -1.26. The van der Waals surface area contributed by atoms with E-state index in [1.54, 1.807) is 24.0 Å². The number of hydrogen-bond donors (Lipinski definition) is 0. The van der Waals surface area contributed by atoms with Crippen molar-refractivity contribution in [3.05, 3.63) is 33.8 Å². The van der Waals surface area contributed by atoms with Gasteiger partial charge < -0.3 is 9.80 Å². The Bertz CT molecular complexity index is 599. The predicted octanol–water partition coefficient (Wildman–Crippen LogP) is 4.18. The van der Waals surface area contributed by atoms with Crippen molar-refractivity contribution in [2.45, 2.75) is 45.4 Å². The smallest absolute Gasteiger partial charge is 0.224 e. The SMILES string of the molecule is CC(=O)N(CCC(=O)N1CCCCCC1)CCc1ccc(Cl)cc1Cl. The number of likely N-dealkylation sites (tertiary alicyclic amines) is 1. The average Bonchev–Trinajstić information content (AvgIpc) is 2.85. The van der Waals surface area contributed by atoms with Gasteiger partial charge in [0.05, 0.1) is 0 Å². The summed E-state index contributed by atoms with van der Waals surface area (Å²) in [5.74, 6) is 0.131. The van der Waals surface area contributed by atoms with Gasteiger partial charge in [-0.25, -0.2) is 0 Å². The van der Waals surface area contributed by atoms with E-state index in [0.29, 0.717) is 36.0 Å². The molecule has 0 unspecified atom stereocenters. The molecule has 2 amide bonds. The Kier molecular flexibility index (Phi) is 8.04. The summed E-state index contributed by atoms with van der Waals surface area (Å²) in [5, 5.41) is 1.21. The first-order valence-electron chi connectivity index (χ1n) is 8.94. The van der Waals surface area contributed by atoms with Crippen LogP contribution in [0.15, 0.2) is 18.2 Å². The highest BCUT2D eigenvalue weighted by Crippen LogP contribution is 2.21. The van der Waals surface area contributed by atoms with Crippen molar-refractivity contribution in [3.8, 4) is 0 Å². The molecule has 1 aromatic carbocycles. The van der Waals surface area contributed by atoms with E-state index in [0.717, 1.165) is 31.5 Å². The highest BCUT2D eigenvalue weighted by Gasteiger charge is 2.18. The summed E-state index contributed by atoms with van der Waals surface area (Å²) >= 11 is 12.1. The monoisotopic (exact) mass is 384 g/mol. The van der Waals surface area contributed by atoms with Gasteiger partial charge in [0.15, 0.2) is 0 Å². The summed E-state index contributed by atoms with van der Waals surface area (Å²) in [7, 11) is 0. The maximum Gasteiger partial charge on any atom is 0.224 e. The number of amides is 2. The third-order valence-electron chi connectivity index (χ3n) is 4.67. The number of halogens is 2. The van der Waals surface area contributed by atoms with Gasteiger partial charge >= 0.3 is 0 Å². The second kappa shape index (κ2) is 10.0. The van der Waals surface area contributed by atoms with E-state index in [9.17, 15) is 9.59 Å². The van der Waals surface area contributed by atoms with Crippen molar-refractivity contribution in [3.63, 3.8) is 0 Å². The van der Waals surface area contributed by atoms with E-state index in [1.165, 1.54) is 12.8 Å². The number of carbonyl (C=O) groups excluding carboxylic acids is 2. The zero-order valence-electron chi connectivity index (χ0n) is 14.8. The first kappa shape index (κ1) is 20.1. The van der Waals surface area contributed by atoms with Crippen LogP contribution in [0, 0.1) is 0 Å². The third-order valence-corrected chi connectivity index (χ3v) is 5.25. The van der Waals surface area contributed by atoms with Gasteiger partial charge in [-0.05, 0) is 37.0 Å². The third kappa shape index (κ3) is 6.52. The first-order chi connectivity index (χ1) is 12.0. The van der Waals surface area contributed by atoms with Crippen molar-refractivity contribution >= 4 is 35.0 Å². The molecular weight excluding hydrogens is 359 g/mol. The van der Waals surface area contributed by atoms with E-state index in [1.807, 2.05) is 11.0 Å². The zero-order chi connectivity index (χ0) is 18.2. The van der Waals surface area contributed by atoms with E-state index >= 15 is 0 Å². The Morgan fingerprint density at radius 1 is 1.08 bits per heavy atom. The number of carbonyl (C=O) groups is 2. The van der Waals surface area contributed by atoms with Crippen LogP contribution in [0.1, 0.15) is 44.6 Å². The number of nitrogens with zero attached hydrogens (tertiary/aromatic N) is 2. The average molecular weight is 385 g/mol. The van der Waals surface area contributed by atoms with Gasteiger partial charge in [-0.1, -0.05) is 42.1 Å². The molecule has 0 radical (unpaired) electrons. The van der Waals surface area contributed by atoms with Gasteiger partial charge in [-0.3, -0.25) is 9.59 Å². The van der Waals surface area contributed by atoms with Gasteiger partial charge in [0.2, 0.25) is 11.8 Å². The number of hydrogen-bond acceptors (Lipinski definition) is 2. The van der Waals surface area contributed by atoms with Gasteiger partial charge in [0, 0.05) is 49.6 Å². The minimum Gasteiger partial charge on any atom is -0.343 e. The summed E-state index contributed by atoms with van der Waals surface area (Å²) in [6, 6.07) is 5.38. The molecule has 0 spiro atoms. The maximum absolute atomic E-state index is 12.4. The maximum atomic E-state index is 12.4. The lowest BCUT2D eigenvalue weighted by molar-refractivity contribution is -0.133. The van der Waals surface area contributed by atoms with Gasteiger partial charge in [0.25, 0.3) is 0 Å². The molecule has 1 aliphatic rings. The van der Waals surface area contributed by atoms with Crippen LogP contribution in [0.25, 0.3) is 0 Å². The van der Waals surface area contributed by atoms with Gasteiger partial charge in [-0.15, -0.1) is 0 Å². The Labute approximate surface area is 160 Å². The highest BCUT2D eigenvalue weighted by atomic mass is 35.5. The molecule has 0 N–H and O–H groups in total. The fraction of sp³-hybridized carbons (Fsp3) is 0.579.